The standard InChI is InChI=1S/C16H19BrN2O2/c1-9(16-10(2)19-21-11(16)3)18-8-14-7-12-6-13(17)4-5-15(12)20-14/h4-6,9,14,18H,7-8H2,1-3H3. The van der Waals surface area contributed by atoms with Crippen LogP contribution in [0.3, 0.4) is 0 Å². The van der Waals surface area contributed by atoms with E-state index in [1.807, 2.05) is 26.0 Å². The van der Waals surface area contributed by atoms with Crippen molar-refractivity contribution in [1.82, 2.24) is 10.5 Å². The van der Waals surface area contributed by atoms with Gasteiger partial charge in [0.15, 0.2) is 0 Å². The molecule has 0 spiro atoms. The Balaban J connectivity index is 1.60. The van der Waals surface area contributed by atoms with Crippen LogP contribution in [0, 0.1) is 13.8 Å². The number of nitrogens with one attached hydrogen (secondary N) is 1. The summed E-state index contributed by atoms with van der Waals surface area (Å²) in [7, 11) is 0. The summed E-state index contributed by atoms with van der Waals surface area (Å²) in [5, 5.41) is 7.53. The van der Waals surface area contributed by atoms with Gasteiger partial charge in [-0.15, -0.1) is 0 Å². The normalized spacial score (nSPS) is 18.4. The van der Waals surface area contributed by atoms with Gasteiger partial charge in [-0.3, -0.25) is 0 Å². The summed E-state index contributed by atoms with van der Waals surface area (Å²) in [5.41, 5.74) is 3.36. The lowest BCUT2D eigenvalue weighted by molar-refractivity contribution is 0.222. The van der Waals surface area contributed by atoms with E-state index in [1.54, 1.807) is 0 Å². The van der Waals surface area contributed by atoms with Crippen LogP contribution in [0.15, 0.2) is 27.2 Å². The zero-order chi connectivity index (χ0) is 15.0. The van der Waals surface area contributed by atoms with E-state index in [4.69, 9.17) is 9.26 Å². The van der Waals surface area contributed by atoms with E-state index in [2.05, 4.69) is 39.4 Å². The van der Waals surface area contributed by atoms with Gasteiger partial charge in [0.05, 0.1) is 5.69 Å². The second kappa shape index (κ2) is 5.81. The van der Waals surface area contributed by atoms with E-state index in [0.29, 0.717) is 0 Å². The molecule has 3 rings (SSSR count). The van der Waals surface area contributed by atoms with Crippen LogP contribution in [0.2, 0.25) is 0 Å². The SMILES string of the molecule is Cc1noc(C)c1C(C)NCC1Cc2cc(Br)ccc2O1. The molecule has 1 aliphatic rings. The Bertz CT molecular complexity index is 634. The molecule has 4 nitrogen and oxygen atoms in total. The molecule has 112 valence electrons. The molecule has 2 unspecified atom stereocenters. The maximum atomic E-state index is 5.97. The molecule has 0 amide bonds. The summed E-state index contributed by atoms with van der Waals surface area (Å²) >= 11 is 3.50. The highest BCUT2D eigenvalue weighted by molar-refractivity contribution is 9.10. The number of ether oxygens (including phenoxy) is 1. The Morgan fingerprint density at radius 1 is 1.43 bits per heavy atom. The zero-order valence-corrected chi connectivity index (χ0v) is 14.0. The first kappa shape index (κ1) is 14.6. The molecule has 0 aliphatic carbocycles. The van der Waals surface area contributed by atoms with E-state index < -0.39 is 0 Å². The van der Waals surface area contributed by atoms with Crippen molar-refractivity contribution >= 4 is 15.9 Å². The molecule has 2 heterocycles. The minimum atomic E-state index is 0.178. The van der Waals surface area contributed by atoms with Crippen LogP contribution in [0.25, 0.3) is 0 Å². The molecule has 1 aliphatic heterocycles. The number of aromatic nitrogens is 1. The van der Waals surface area contributed by atoms with E-state index in [-0.39, 0.29) is 12.1 Å². The number of aryl methyl sites for hydroxylation is 2. The van der Waals surface area contributed by atoms with Gasteiger partial charge in [-0.25, -0.2) is 0 Å². The van der Waals surface area contributed by atoms with Crippen molar-refractivity contribution < 1.29 is 9.26 Å². The van der Waals surface area contributed by atoms with Crippen LogP contribution in [-0.4, -0.2) is 17.8 Å². The summed E-state index contributed by atoms with van der Waals surface area (Å²) in [4.78, 5) is 0. The molecule has 0 bridgehead atoms. The predicted molar refractivity (Wildman–Crippen MR) is 84.7 cm³/mol. The number of hydrogen-bond donors (Lipinski definition) is 1. The third kappa shape index (κ3) is 2.99. The summed E-state index contributed by atoms with van der Waals surface area (Å²) in [6, 6.07) is 6.38. The van der Waals surface area contributed by atoms with E-state index in [1.165, 1.54) is 5.56 Å². The molecular weight excluding hydrogens is 332 g/mol. The highest BCUT2D eigenvalue weighted by atomic mass is 79.9. The lowest BCUT2D eigenvalue weighted by Gasteiger charge is -2.17. The van der Waals surface area contributed by atoms with Gasteiger partial charge in [0, 0.05) is 29.0 Å². The van der Waals surface area contributed by atoms with Crippen LogP contribution >= 0.6 is 15.9 Å². The van der Waals surface area contributed by atoms with Gasteiger partial charge in [-0.05, 0) is 44.5 Å². The summed E-state index contributed by atoms with van der Waals surface area (Å²) in [5.74, 6) is 1.88. The molecule has 1 aromatic carbocycles. The van der Waals surface area contributed by atoms with Crippen LogP contribution in [-0.2, 0) is 6.42 Å². The van der Waals surface area contributed by atoms with Crippen LogP contribution < -0.4 is 10.1 Å². The highest BCUT2D eigenvalue weighted by Crippen LogP contribution is 2.31. The second-order valence-electron chi connectivity index (χ2n) is 5.56. The zero-order valence-electron chi connectivity index (χ0n) is 12.4. The fourth-order valence-corrected chi connectivity index (χ4v) is 3.33. The van der Waals surface area contributed by atoms with Crippen molar-refractivity contribution in [3.05, 3.63) is 45.3 Å². The lowest BCUT2D eigenvalue weighted by Crippen LogP contribution is -2.32. The van der Waals surface area contributed by atoms with Gasteiger partial charge in [0.1, 0.15) is 17.6 Å². The number of rotatable bonds is 4. The van der Waals surface area contributed by atoms with Crippen LogP contribution in [0.1, 0.15) is 35.5 Å². The van der Waals surface area contributed by atoms with Gasteiger partial charge in [-0.2, -0.15) is 0 Å². The first-order chi connectivity index (χ1) is 10.0. The van der Waals surface area contributed by atoms with Crippen LogP contribution in [0.5, 0.6) is 5.75 Å². The molecule has 5 heteroatoms. The van der Waals surface area contributed by atoms with E-state index >= 15 is 0 Å². The van der Waals surface area contributed by atoms with E-state index in [9.17, 15) is 0 Å². The fourth-order valence-electron chi connectivity index (χ4n) is 2.92. The monoisotopic (exact) mass is 350 g/mol. The molecule has 21 heavy (non-hydrogen) atoms. The smallest absolute Gasteiger partial charge is 0.138 e. The number of hydrogen-bond acceptors (Lipinski definition) is 4. The summed E-state index contributed by atoms with van der Waals surface area (Å²) in [6.45, 7) is 6.86. The maximum Gasteiger partial charge on any atom is 0.138 e. The molecular formula is C16H19BrN2O2. The van der Waals surface area contributed by atoms with Crippen molar-refractivity contribution in [2.24, 2.45) is 0 Å². The average Bonchev–Trinajstić information content (AvgIpc) is 2.99. The first-order valence-electron chi connectivity index (χ1n) is 7.16. The highest BCUT2D eigenvalue weighted by Gasteiger charge is 2.24. The van der Waals surface area contributed by atoms with Crippen molar-refractivity contribution in [2.45, 2.75) is 39.3 Å². The second-order valence-corrected chi connectivity index (χ2v) is 6.48. The largest absolute Gasteiger partial charge is 0.488 e. The Morgan fingerprint density at radius 3 is 2.95 bits per heavy atom. The predicted octanol–water partition coefficient (Wildman–Crippen LogP) is 3.71. The molecule has 2 atom stereocenters. The molecule has 2 aromatic rings. The number of halogens is 1. The lowest BCUT2D eigenvalue weighted by atomic mass is 10.1. The fraction of sp³-hybridized carbons (Fsp3) is 0.438. The average molecular weight is 351 g/mol. The van der Waals surface area contributed by atoms with Gasteiger partial charge in [-0.1, -0.05) is 21.1 Å². The van der Waals surface area contributed by atoms with Gasteiger partial charge in [0.25, 0.3) is 0 Å². The molecule has 0 radical (unpaired) electrons. The Labute approximate surface area is 133 Å². The minimum Gasteiger partial charge on any atom is -0.488 e. The maximum absolute atomic E-state index is 5.97. The van der Waals surface area contributed by atoms with Crippen LogP contribution in [0.4, 0.5) is 0 Å². The topological polar surface area (TPSA) is 47.3 Å². The Kier molecular flexibility index (Phi) is 4.04. The molecule has 0 saturated carbocycles. The number of nitrogens with zero attached hydrogens (tertiary/aromatic N) is 1. The molecule has 1 N–H and O–H groups in total. The number of fused-ring (bicyclic) bond motifs is 1. The summed E-state index contributed by atoms with van der Waals surface area (Å²) < 4.78 is 12.3. The van der Waals surface area contributed by atoms with Gasteiger partial charge in [0.2, 0.25) is 0 Å². The minimum absolute atomic E-state index is 0.178. The molecule has 0 fully saturated rings. The molecule has 0 saturated heterocycles. The van der Waals surface area contributed by atoms with Gasteiger partial charge >= 0.3 is 0 Å². The molecule has 1 aromatic heterocycles. The van der Waals surface area contributed by atoms with Crippen molar-refractivity contribution in [3.8, 4) is 5.75 Å². The van der Waals surface area contributed by atoms with E-state index in [0.717, 1.165) is 40.2 Å². The number of benzene rings is 1. The van der Waals surface area contributed by atoms with Crippen molar-refractivity contribution in [1.29, 1.82) is 0 Å². The Morgan fingerprint density at radius 2 is 2.24 bits per heavy atom. The van der Waals surface area contributed by atoms with Crippen molar-refractivity contribution in [3.63, 3.8) is 0 Å². The third-order valence-corrected chi connectivity index (χ3v) is 4.43. The first-order valence-corrected chi connectivity index (χ1v) is 7.95. The van der Waals surface area contributed by atoms with Crippen molar-refractivity contribution in [2.75, 3.05) is 6.54 Å². The Hall–Kier alpha value is -1.33. The summed E-state index contributed by atoms with van der Waals surface area (Å²) in [6.07, 6.45) is 1.12. The quantitative estimate of drug-likeness (QED) is 0.912. The van der Waals surface area contributed by atoms with Gasteiger partial charge < -0.3 is 14.6 Å². The third-order valence-electron chi connectivity index (χ3n) is 3.94.